The molecule has 1 aliphatic rings. The van der Waals surface area contributed by atoms with E-state index in [1.165, 1.54) is 11.8 Å². The van der Waals surface area contributed by atoms with Crippen LogP contribution in [0.15, 0.2) is 0 Å². The van der Waals surface area contributed by atoms with Gasteiger partial charge in [-0.3, -0.25) is 9.59 Å². The fourth-order valence-electron chi connectivity index (χ4n) is 2.86. The number of carbonyl (C=O) groups is 2. The minimum atomic E-state index is -2.34. The topological polar surface area (TPSA) is 96.3 Å². The molecular formula is C16H33NO6Si2. The van der Waals surface area contributed by atoms with Crippen LogP contribution in [0.1, 0.15) is 26.2 Å². The summed E-state index contributed by atoms with van der Waals surface area (Å²) < 4.78 is 11.3. The highest BCUT2D eigenvalue weighted by molar-refractivity contribution is 6.70. The van der Waals surface area contributed by atoms with Gasteiger partial charge in [0, 0.05) is 13.1 Å². The van der Waals surface area contributed by atoms with Crippen LogP contribution in [-0.4, -0.2) is 68.1 Å². The highest BCUT2D eigenvalue weighted by atomic mass is 28.4. The van der Waals surface area contributed by atoms with E-state index in [2.05, 4.69) is 0 Å². The van der Waals surface area contributed by atoms with E-state index in [4.69, 9.17) is 8.85 Å². The number of likely N-dealkylation sites (tertiary alicyclic amines) is 1. The summed E-state index contributed by atoms with van der Waals surface area (Å²) in [4.78, 5) is 26.9. The molecule has 2 unspecified atom stereocenters. The molecule has 0 spiro atoms. The van der Waals surface area contributed by atoms with Gasteiger partial charge in [-0.05, 0) is 59.0 Å². The lowest BCUT2D eigenvalue weighted by Crippen LogP contribution is -2.58. The normalized spacial score (nSPS) is 20.9. The van der Waals surface area contributed by atoms with Gasteiger partial charge in [0.25, 0.3) is 5.91 Å². The molecule has 9 heteroatoms. The molecular weight excluding hydrogens is 358 g/mol. The van der Waals surface area contributed by atoms with Crippen LogP contribution in [0.3, 0.4) is 0 Å². The largest absolute Gasteiger partial charge is 0.385 e. The summed E-state index contributed by atoms with van der Waals surface area (Å²) >= 11 is 0. The number of rotatable bonds is 8. The second-order valence-electron chi connectivity index (χ2n) is 8.80. The number of amides is 1. The summed E-state index contributed by atoms with van der Waals surface area (Å²) in [5.41, 5.74) is 0. The molecule has 0 radical (unpaired) electrons. The first-order chi connectivity index (χ1) is 11.1. The van der Waals surface area contributed by atoms with E-state index in [1.54, 1.807) is 0 Å². The molecule has 1 heterocycles. The van der Waals surface area contributed by atoms with E-state index < -0.39 is 46.3 Å². The molecule has 2 N–H and O–H groups in total. The number of ketones is 1. The van der Waals surface area contributed by atoms with Crippen LogP contribution in [0, 0.1) is 0 Å². The Balaban J connectivity index is 3.03. The van der Waals surface area contributed by atoms with E-state index >= 15 is 0 Å². The Hall–Kier alpha value is -0.586. The lowest BCUT2D eigenvalue weighted by molar-refractivity contribution is -0.202. The van der Waals surface area contributed by atoms with Gasteiger partial charge in [-0.2, -0.15) is 0 Å². The molecule has 2 atom stereocenters. The van der Waals surface area contributed by atoms with Crippen LogP contribution >= 0.6 is 0 Å². The summed E-state index contributed by atoms with van der Waals surface area (Å²) in [6.45, 7) is 13.3. The Bertz CT molecular complexity index is 506. The van der Waals surface area contributed by atoms with E-state index in [0.29, 0.717) is 13.1 Å². The SMILES string of the molecule is CC(O)(O[Si](C)(C)C)C(=O)CC(O)(O[Si](C)(C)C)C(=O)N1CCCC1. The van der Waals surface area contributed by atoms with Crippen molar-refractivity contribution in [3.05, 3.63) is 0 Å². The number of hydrogen-bond donors (Lipinski definition) is 2. The van der Waals surface area contributed by atoms with Gasteiger partial charge in [-0.15, -0.1) is 0 Å². The molecule has 0 aliphatic carbocycles. The quantitative estimate of drug-likeness (QED) is 0.483. The van der Waals surface area contributed by atoms with Crippen LogP contribution < -0.4 is 0 Å². The Morgan fingerprint density at radius 2 is 1.40 bits per heavy atom. The van der Waals surface area contributed by atoms with E-state index in [0.717, 1.165) is 12.8 Å². The lowest BCUT2D eigenvalue weighted by Gasteiger charge is -2.38. The maximum absolute atomic E-state index is 12.8. The third-order valence-corrected chi connectivity index (χ3v) is 5.58. The highest BCUT2D eigenvalue weighted by Gasteiger charge is 2.49. The van der Waals surface area contributed by atoms with Gasteiger partial charge in [0.2, 0.25) is 11.6 Å². The van der Waals surface area contributed by atoms with Crippen molar-refractivity contribution in [2.45, 2.75) is 77.0 Å². The average Bonchev–Trinajstić information content (AvgIpc) is 2.85. The molecule has 0 aromatic carbocycles. The molecule has 146 valence electrons. The Labute approximate surface area is 152 Å². The maximum Gasteiger partial charge on any atom is 0.282 e. The fourth-order valence-corrected chi connectivity index (χ4v) is 5.34. The molecule has 1 rings (SSSR count). The molecule has 0 aromatic rings. The highest BCUT2D eigenvalue weighted by Crippen LogP contribution is 2.28. The van der Waals surface area contributed by atoms with Crippen LogP contribution in [0.4, 0.5) is 0 Å². The maximum atomic E-state index is 12.8. The number of aliphatic hydroxyl groups is 2. The molecule has 0 aromatic heterocycles. The first kappa shape index (κ1) is 22.5. The Morgan fingerprint density at radius 3 is 1.80 bits per heavy atom. The summed E-state index contributed by atoms with van der Waals surface area (Å²) in [5.74, 6) is -5.70. The van der Waals surface area contributed by atoms with E-state index in [9.17, 15) is 19.8 Å². The van der Waals surface area contributed by atoms with E-state index in [-0.39, 0.29) is 0 Å². The number of carbonyl (C=O) groups excluding carboxylic acids is 2. The molecule has 0 bridgehead atoms. The van der Waals surface area contributed by atoms with Gasteiger partial charge >= 0.3 is 0 Å². The minimum absolute atomic E-state index is 0.534. The number of hydrogen-bond acceptors (Lipinski definition) is 6. The van der Waals surface area contributed by atoms with Crippen molar-refractivity contribution >= 4 is 28.3 Å². The van der Waals surface area contributed by atoms with Crippen molar-refractivity contribution < 1.29 is 28.7 Å². The summed E-state index contributed by atoms with van der Waals surface area (Å²) in [5, 5.41) is 21.4. The smallest absolute Gasteiger partial charge is 0.282 e. The predicted octanol–water partition coefficient (Wildman–Crippen LogP) is 1.67. The predicted molar refractivity (Wildman–Crippen MR) is 99.9 cm³/mol. The number of nitrogens with zero attached hydrogens (tertiary/aromatic N) is 1. The zero-order chi connectivity index (χ0) is 19.7. The van der Waals surface area contributed by atoms with Gasteiger partial charge in [-0.1, -0.05) is 0 Å². The van der Waals surface area contributed by atoms with E-state index in [1.807, 2.05) is 39.3 Å². The molecule has 1 fully saturated rings. The van der Waals surface area contributed by atoms with Gasteiger partial charge in [0.05, 0.1) is 6.42 Å². The molecule has 1 amide bonds. The first-order valence-corrected chi connectivity index (χ1v) is 15.6. The van der Waals surface area contributed by atoms with Crippen molar-refractivity contribution in [3.63, 3.8) is 0 Å². The lowest BCUT2D eigenvalue weighted by atomic mass is 10.0. The van der Waals surface area contributed by atoms with Crippen LogP contribution in [0.2, 0.25) is 39.3 Å². The molecule has 0 saturated carbocycles. The second-order valence-corrected chi connectivity index (χ2v) is 17.7. The fraction of sp³-hybridized carbons (Fsp3) is 0.875. The van der Waals surface area contributed by atoms with Crippen LogP contribution in [0.5, 0.6) is 0 Å². The molecule has 1 aliphatic heterocycles. The van der Waals surface area contributed by atoms with Gasteiger partial charge < -0.3 is 24.0 Å². The molecule has 1 saturated heterocycles. The first-order valence-electron chi connectivity index (χ1n) is 8.74. The standard InChI is InChI=1S/C16H33NO6Si2/c1-15(20,22-24(2,3)4)13(18)12-16(21,23-25(5,6)7)14(19)17-10-8-9-11-17/h20-21H,8-12H2,1-7H3. The Morgan fingerprint density at radius 1 is 0.960 bits per heavy atom. The molecule has 25 heavy (non-hydrogen) atoms. The van der Waals surface area contributed by atoms with Crippen molar-refractivity contribution in [2.75, 3.05) is 13.1 Å². The summed E-state index contributed by atoms with van der Waals surface area (Å²) in [7, 11) is -4.55. The van der Waals surface area contributed by atoms with Gasteiger partial charge in [0.1, 0.15) is 0 Å². The van der Waals surface area contributed by atoms with Crippen LogP contribution in [0.25, 0.3) is 0 Å². The second kappa shape index (κ2) is 7.57. The Kier molecular flexibility index (Phi) is 6.80. The third kappa shape index (κ3) is 6.91. The monoisotopic (exact) mass is 391 g/mol. The number of Topliss-reactive ketones (excluding diaryl/α,β-unsaturated/α-hetero) is 1. The van der Waals surface area contributed by atoms with Gasteiger partial charge in [-0.25, -0.2) is 0 Å². The van der Waals surface area contributed by atoms with Crippen molar-refractivity contribution in [1.82, 2.24) is 4.90 Å². The van der Waals surface area contributed by atoms with Crippen molar-refractivity contribution in [3.8, 4) is 0 Å². The van der Waals surface area contributed by atoms with Crippen molar-refractivity contribution in [2.24, 2.45) is 0 Å². The van der Waals surface area contributed by atoms with Crippen LogP contribution in [-0.2, 0) is 18.4 Å². The van der Waals surface area contributed by atoms with Crippen molar-refractivity contribution in [1.29, 1.82) is 0 Å². The zero-order valence-corrected chi connectivity index (χ0v) is 18.5. The average molecular weight is 392 g/mol. The third-order valence-electron chi connectivity index (χ3n) is 3.62. The molecule has 7 nitrogen and oxygen atoms in total. The zero-order valence-electron chi connectivity index (χ0n) is 16.5. The minimum Gasteiger partial charge on any atom is -0.385 e. The summed E-state index contributed by atoms with van der Waals surface area (Å²) in [6, 6.07) is 0. The summed E-state index contributed by atoms with van der Waals surface area (Å²) in [6.07, 6.45) is 1.09. The van der Waals surface area contributed by atoms with Gasteiger partial charge in [0.15, 0.2) is 22.4 Å².